The zero-order valence-electron chi connectivity index (χ0n) is 14.3. The number of alkyl halides is 3. The van der Waals surface area contributed by atoms with Crippen molar-refractivity contribution < 1.29 is 31.4 Å². The summed E-state index contributed by atoms with van der Waals surface area (Å²) < 4.78 is 74.2. The largest absolute Gasteiger partial charge is 0.573 e. The third kappa shape index (κ3) is 5.32. The predicted molar refractivity (Wildman–Crippen MR) is 89.6 cm³/mol. The molecule has 0 unspecified atom stereocenters. The molecular formula is C19H18F5NO2. The van der Waals surface area contributed by atoms with E-state index in [9.17, 15) is 22.0 Å². The lowest BCUT2D eigenvalue weighted by Gasteiger charge is -2.23. The zero-order valence-corrected chi connectivity index (χ0v) is 14.3. The fraction of sp³-hybridized carbons (Fsp3) is 0.368. The van der Waals surface area contributed by atoms with Crippen LogP contribution in [0.25, 0.3) is 11.1 Å². The highest BCUT2D eigenvalue weighted by Gasteiger charge is 2.32. The second-order valence-corrected chi connectivity index (χ2v) is 6.34. The van der Waals surface area contributed by atoms with Crippen LogP contribution in [0.4, 0.5) is 22.0 Å². The zero-order chi connectivity index (χ0) is 19.4. The van der Waals surface area contributed by atoms with E-state index in [0.717, 1.165) is 44.1 Å². The molecule has 0 aromatic heterocycles. The van der Waals surface area contributed by atoms with Crippen molar-refractivity contribution in [3.8, 4) is 22.6 Å². The standard InChI is InChI=1S/C19H18F5NO2/c20-15-3-1-13(9-16(15)21)14-2-4-17(27-19(22,23)24)18(10-14)26-11-12-5-7-25-8-6-12/h1-4,9-10,12,25H,5-8,11H2. The minimum Gasteiger partial charge on any atom is -0.489 e. The lowest BCUT2D eigenvalue weighted by Crippen LogP contribution is -2.30. The molecule has 0 aliphatic carbocycles. The van der Waals surface area contributed by atoms with E-state index < -0.39 is 23.7 Å². The first-order valence-electron chi connectivity index (χ1n) is 8.50. The fourth-order valence-corrected chi connectivity index (χ4v) is 2.94. The van der Waals surface area contributed by atoms with E-state index in [0.29, 0.717) is 11.1 Å². The Morgan fingerprint density at radius 1 is 0.889 bits per heavy atom. The number of hydrogen-bond acceptors (Lipinski definition) is 3. The smallest absolute Gasteiger partial charge is 0.489 e. The van der Waals surface area contributed by atoms with Crippen LogP contribution < -0.4 is 14.8 Å². The van der Waals surface area contributed by atoms with Crippen LogP contribution in [0.2, 0.25) is 0 Å². The van der Waals surface area contributed by atoms with E-state index in [-0.39, 0.29) is 18.3 Å². The Morgan fingerprint density at radius 2 is 1.56 bits per heavy atom. The van der Waals surface area contributed by atoms with Gasteiger partial charge in [-0.2, -0.15) is 0 Å². The molecule has 0 saturated carbocycles. The van der Waals surface area contributed by atoms with E-state index in [4.69, 9.17) is 4.74 Å². The quantitative estimate of drug-likeness (QED) is 0.740. The van der Waals surface area contributed by atoms with E-state index in [1.54, 1.807) is 0 Å². The molecule has 8 heteroatoms. The van der Waals surface area contributed by atoms with Gasteiger partial charge in [0.25, 0.3) is 0 Å². The van der Waals surface area contributed by atoms with Crippen LogP contribution >= 0.6 is 0 Å². The molecular weight excluding hydrogens is 369 g/mol. The molecule has 0 atom stereocenters. The maximum absolute atomic E-state index is 13.5. The summed E-state index contributed by atoms with van der Waals surface area (Å²) in [5.41, 5.74) is 0.711. The number of piperidine rings is 1. The van der Waals surface area contributed by atoms with Crippen LogP contribution in [0.1, 0.15) is 12.8 Å². The third-order valence-electron chi connectivity index (χ3n) is 4.36. The highest BCUT2D eigenvalue weighted by molar-refractivity contribution is 5.67. The molecule has 3 nitrogen and oxygen atoms in total. The number of nitrogens with one attached hydrogen (secondary N) is 1. The average Bonchev–Trinajstić information content (AvgIpc) is 2.63. The molecule has 0 bridgehead atoms. The molecule has 0 spiro atoms. The van der Waals surface area contributed by atoms with Crippen LogP contribution in [0.3, 0.4) is 0 Å². The van der Waals surface area contributed by atoms with Gasteiger partial charge in [-0.1, -0.05) is 12.1 Å². The number of rotatable bonds is 5. The Balaban J connectivity index is 1.86. The highest BCUT2D eigenvalue weighted by Crippen LogP contribution is 2.36. The summed E-state index contributed by atoms with van der Waals surface area (Å²) in [5, 5.41) is 3.20. The topological polar surface area (TPSA) is 30.5 Å². The van der Waals surface area contributed by atoms with Crippen molar-refractivity contribution in [3.63, 3.8) is 0 Å². The number of benzene rings is 2. The molecule has 1 heterocycles. The third-order valence-corrected chi connectivity index (χ3v) is 4.36. The molecule has 0 amide bonds. The van der Waals surface area contributed by atoms with Crippen molar-refractivity contribution in [2.45, 2.75) is 19.2 Å². The summed E-state index contributed by atoms with van der Waals surface area (Å²) in [6, 6.07) is 7.07. The van der Waals surface area contributed by atoms with Gasteiger partial charge < -0.3 is 14.8 Å². The van der Waals surface area contributed by atoms with Crippen molar-refractivity contribution in [2.24, 2.45) is 5.92 Å². The van der Waals surface area contributed by atoms with Crippen LogP contribution in [-0.4, -0.2) is 26.1 Å². The van der Waals surface area contributed by atoms with Gasteiger partial charge in [0.2, 0.25) is 0 Å². The molecule has 1 aliphatic heterocycles. The van der Waals surface area contributed by atoms with Gasteiger partial charge in [0.1, 0.15) is 0 Å². The lowest BCUT2D eigenvalue weighted by molar-refractivity contribution is -0.275. The van der Waals surface area contributed by atoms with Crippen LogP contribution in [0.5, 0.6) is 11.5 Å². The second kappa shape index (κ2) is 8.12. The Hall–Kier alpha value is -2.35. The first-order chi connectivity index (χ1) is 12.8. The van der Waals surface area contributed by atoms with E-state index in [1.807, 2.05) is 0 Å². The first kappa shape index (κ1) is 19.4. The SMILES string of the molecule is Fc1ccc(-c2ccc(OC(F)(F)F)c(OCC3CCNCC3)c2)cc1F. The lowest BCUT2D eigenvalue weighted by atomic mass is 9.99. The Labute approximate surface area is 153 Å². The minimum atomic E-state index is -4.86. The Morgan fingerprint density at radius 3 is 2.22 bits per heavy atom. The molecule has 27 heavy (non-hydrogen) atoms. The summed E-state index contributed by atoms with van der Waals surface area (Å²) in [4.78, 5) is 0. The van der Waals surface area contributed by atoms with Gasteiger partial charge in [0.15, 0.2) is 23.1 Å². The molecule has 1 saturated heterocycles. The fourth-order valence-electron chi connectivity index (χ4n) is 2.94. The maximum atomic E-state index is 13.5. The predicted octanol–water partition coefficient (Wildman–Crippen LogP) is 4.91. The maximum Gasteiger partial charge on any atom is 0.573 e. The summed E-state index contributed by atoms with van der Waals surface area (Å²) >= 11 is 0. The number of ether oxygens (including phenoxy) is 2. The summed E-state index contributed by atoms with van der Waals surface area (Å²) in [6.45, 7) is 1.90. The summed E-state index contributed by atoms with van der Waals surface area (Å²) in [7, 11) is 0. The van der Waals surface area contributed by atoms with Crippen molar-refractivity contribution in [1.29, 1.82) is 0 Å². The van der Waals surface area contributed by atoms with Crippen LogP contribution in [0.15, 0.2) is 36.4 Å². The number of hydrogen-bond donors (Lipinski definition) is 1. The van der Waals surface area contributed by atoms with Gasteiger partial charge in [-0.15, -0.1) is 13.2 Å². The molecule has 1 fully saturated rings. The van der Waals surface area contributed by atoms with Gasteiger partial charge >= 0.3 is 6.36 Å². The second-order valence-electron chi connectivity index (χ2n) is 6.34. The van der Waals surface area contributed by atoms with E-state index >= 15 is 0 Å². The molecule has 1 aliphatic rings. The van der Waals surface area contributed by atoms with Gasteiger partial charge in [0, 0.05) is 0 Å². The number of halogens is 5. The van der Waals surface area contributed by atoms with Crippen molar-refractivity contribution >= 4 is 0 Å². The van der Waals surface area contributed by atoms with E-state index in [1.165, 1.54) is 18.2 Å². The average molecular weight is 387 g/mol. The molecule has 1 N–H and O–H groups in total. The van der Waals surface area contributed by atoms with Gasteiger partial charge in [-0.25, -0.2) is 8.78 Å². The molecule has 0 radical (unpaired) electrons. The van der Waals surface area contributed by atoms with Crippen molar-refractivity contribution in [3.05, 3.63) is 48.0 Å². The molecule has 2 aromatic rings. The van der Waals surface area contributed by atoms with Crippen molar-refractivity contribution in [1.82, 2.24) is 5.32 Å². The highest BCUT2D eigenvalue weighted by atomic mass is 19.4. The van der Waals surface area contributed by atoms with E-state index in [2.05, 4.69) is 10.1 Å². The molecule has 3 rings (SSSR count). The minimum absolute atomic E-state index is 0.0897. The van der Waals surface area contributed by atoms with Gasteiger partial charge in [-0.3, -0.25) is 0 Å². The summed E-state index contributed by atoms with van der Waals surface area (Å²) in [6.07, 6.45) is -3.15. The van der Waals surface area contributed by atoms with Crippen molar-refractivity contribution in [2.75, 3.05) is 19.7 Å². The van der Waals surface area contributed by atoms with Crippen LogP contribution in [-0.2, 0) is 0 Å². The van der Waals surface area contributed by atoms with Gasteiger partial charge in [-0.05, 0) is 67.2 Å². The Bertz CT molecular complexity index is 788. The monoisotopic (exact) mass is 387 g/mol. The molecule has 2 aromatic carbocycles. The van der Waals surface area contributed by atoms with Gasteiger partial charge in [0.05, 0.1) is 6.61 Å². The summed E-state index contributed by atoms with van der Waals surface area (Å²) in [5.74, 6) is -2.38. The first-order valence-corrected chi connectivity index (χ1v) is 8.50. The Kier molecular flexibility index (Phi) is 5.84. The molecule has 146 valence electrons. The normalized spacial score (nSPS) is 15.6. The van der Waals surface area contributed by atoms with Crippen LogP contribution in [0, 0.1) is 17.6 Å².